The van der Waals surface area contributed by atoms with Crippen molar-refractivity contribution in [3.05, 3.63) is 64.9 Å². The lowest BCUT2D eigenvalue weighted by molar-refractivity contribution is 0.296. The van der Waals surface area contributed by atoms with E-state index in [2.05, 4.69) is 15.2 Å². The molecule has 0 atom stereocenters. The van der Waals surface area contributed by atoms with Crippen LogP contribution in [0.4, 0.5) is 0 Å². The molecule has 0 unspecified atom stereocenters. The van der Waals surface area contributed by atoms with Crippen LogP contribution < -0.4 is 9.47 Å². The van der Waals surface area contributed by atoms with Crippen LogP contribution >= 0.6 is 23.4 Å². The van der Waals surface area contributed by atoms with Gasteiger partial charge < -0.3 is 9.47 Å². The van der Waals surface area contributed by atoms with Gasteiger partial charge in [0.15, 0.2) is 5.82 Å². The fourth-order valence-electron chi connectivity index (χ4n) is 2.19. The second-order valence-corrected chi connectivity index (χ2v) is 7.10. The van der Waals surface area contributed by atoms with Crippen molar-refractivity contribution in [3.8, 4) is 11.5 Å². The van der Waals surface area contributed by atoms with Crippen molar-refractivity contribution < 1.29 is 9.47 Å². The second kappa shape index (κ2) is 9.50. The summed E-state index contributed by atoms with van der Waals surface area (Å²) in [5, 5.41) is 8.55. The third-order valence-electron chi connectivity index (χ3n) is 3.55. The zero-order valence-electron chi connectivity index (χ0n) is 14.4. The monoisotopic (exact) mass is 389 g/mol. The van der Waals surface area contributed by atoms with Crippen LogP contribution in [0.3, 0.4) is 0 Å². The number of hydrogen-bond acceptors (Lipinski definition) is 5. The number of aromatic amines is 1. The summed E-state index contributed by atoms with van der Waals surface area (Å²) in [6.07, 6.45) is 0.921. The molecule has 136 valence electrons. The maximum absolute atomic E-state index is 6.01. The van der Waals surface area contributed by atoms with Gasteiger partial charge in [0.2, 0.25) is 5.16 Å². The van der Waals surface area contributed by atoms with Gasteiger partial charge in [-0.3, -0.25) is 5.10 Å². The number of aromatic nitrogens is 3. The highest BCUT2D eigenvalue weighted by Crippen LogP contribution is 2.22. The molecule has 0 radical (unpaired) electrons. The van der Waals surface area contributed by atoms with E-state index in [-0.39, 0.29) is 0 Å². The van der Waals surface area contributed by atoms with Crippen LogP contribution in [0.1, 0.15) is 17.8 Å². The molecule has 3 aromatic rings. The van der Waals surface area contributed by atoms with Crippen LogP contribution in [-0.4, -0.2) is 27.5 Å². The number of halogens is 1. The van der Waals surface area contributed by atoms with Gasteiger partial charge in [0, 0.05) is 10.8 Å². The standard InChI is InChI=1S/C19H20ClN3O2S/c1-14-12-16(8-9-17(14)20)25-13-18-21-19(23-22-18)26-11-5-10-24-15-6-3-2-4-7-15/h2-4,6-9,12H,5,10-11,13H2,1H3,(H,21,22,23). The summed E-state index contributed by atoms with van der Waals surface area (Å²) >= 11 is 7.61. The molecule has 0 fully saturated rings. The van der Waals surface area contributed by atoms with Gasteiger partial charge in [0.05, 0.1) is 6.61 Å². The first kappa shape index (κ1) is 18.6. The molecule has 1 N–H and O–H groups in total. The van der Waals surface area contributed by atoms with E-state index in [9.17, 15) is 0 Å². The first-order valence-corrected chi connectivity index (χ1v) is 9.68. The summed E-state index contributed by atoms with van der Waals surface area (Å²) in [7, 11) is 0. The molecule has 0 amide bonds. The maximum Gasteiger partial charge on any atom is 0.208 e. The molecular formula is C19H20ClN3O2S. The Balaban J connectivity index is 1.37. The molecule has 0 aliphatic heterocycles. The van der Waals surface area contributed by atoms with Crippen molar-refractivity contribution in [1.29, 1.82) is 0 Å². The third-order valence-corrected chi connectivity index (χ3v) is 4.91. The van der Waals surface area contributed by atoms with Crippen LogP contribution in [-0.2, 0) is 6.61 Å². The number of ether oxygens (including phenoxy) is 2. The molecule has 26 heavy (non-hydrogen) atoms. The first-order valence-electron chi connectivity index (χ1n) is 8.31. The van der Waals surface area contributed by atoms with Gasteiger partial charge >= 0.3 is 0 Å². The third kappa shape index (κ3) is 5.68. The van der Waals surface area contributed by atoms with Crippen molar-refractivity contribution in [2.45, 2.75) is 25.1 Å². The normalized spacial score (nSPS) is 10.7. The average molecular weight is 390 g/mol. The molecule has 0 spiro atoms. The molecule has 0 aliphatic rings. The molecule has 1 aromatic heterocycles. The van der Waals surface area contributed by atoms with Gasteiger partial charge in [-0.15, -0.1) is 5.10 Å². The summed E-state index contributed by atoms with van der Waals surface area (Å²) in [5.41, 5.74) is 0.982. The van der Waals surface area contributed by atoms with Crippen LogP contribution in [0.2, 0.25) is 5.02 Å². The number of aryl methyl sites for hydroxylation is 1. The predicted octanol–water partition coefficient (Wildman–Crippen LogP) is 4.91. The Morgan fingerprint density at radius 1 is 1.08 bits per heavy atom. The number of nitrogens with zero attached hydrogens (tertiary/aromatic N) is 2. The van der Waals surface area contributed by atoms with Crippen molar-refractivity contribution in [2.24, 2.45) is 0 Å². The Labute approximate surface area is 162 Å². The highest BCUT2D eigenvalue weighted by Gasteiger charge is 2.06. The highest BCUT2D eigenvalue weighted by atomic mass is 35.5. The zero-order valence-corrected chi connectivity index (χ0v) is 16.0. The molecule has 7 heteroatoms. The molecule has 0 bridgehead atoms. The van der Waals surface area contributed by atoms with Gasteiger partial charge in [0.25, 0.3) is 0 Å². The molecule has 0 saturated heterocycles. The fourth-order valence-corrected chi connectivity index (χ4v) is 3.04. The molecule has 0 saturated carbocycles. The van der Waals surface area contributed by atoms with Crippen LogP contribution in [0.25, 0.3) is 0 Å². The van der Waals surface area contributed by atoms with E-state index in [1.165, 1.54) is 0 Å². The van der Waals surface area contributed by atoms with E-state index in [4.69, 9.17) is 21.1 Å². The summed E-state index contributed by atoms with van der Waals surface area (Å²) in [6.45, 7) is 2.96. The van der Waals surface area contributed by atoms with Gasteiger partial charge in [-0.2, -0.15) is 0 Å². The van der Waals surface area contributed by atoms with Crippen LogP contribution in [0.15, 0.2) is 53.7 Å². The number of thioether (sulfide) groups is 1. The molecular weight excluding hydrogens is 370 g/mol. The maximum atomic E-state index is 6.01. The lowest BCUT2D eigenvalue weighted by Gasteiger charge is -2.05. The smallest absolute Gasteiger partial charge is 0.208 e. The van der Waals surface area contributed by atoms with Gasteiger partial charge in [0.1, 0.15) is 18.1 Å². The Morgan fingerprint density at radius 2 is 1.92 bits per heavy atom. The van der Waals surface area contributed by atoms with Crippen molar-refractivity contribution in [2.75, 3.05) is 12.4 Å². The van der Waals surface area contributed by atoms with Crippen LogP contribution in [0, 0.1) is 6.92 Å². The van der Waals surface area contributed by atoms with E-state index in [0.29, 0.717) is 19.0 Å². The Bertz CT molecular complexity index is 827. The Kier molecular flexibility index (Phi) is 6.80. The largest absolute Gasteiger partial charge is 0.494 e. The van der Waals surface area contributed by atoms with Crippen molar-refractivity contribution in [1.82, 2.24) is 15.2 Å². The van der Waals surface area contributed by atoms with E-state index in [0.717, 1.165) is 39.4 Å². The lowest BCUT2D eigenvalue weighted by Crippen LogP contribution is -1.99. The van der Waals surface area contributed by atoms with E-state index >= 15 is 0 Å². The summed E-state index contributed by atoms with van der Waals surface area (Å²) in [4.78, 5) is 4.43. The summed E-state index contributed by atoms with van der Waals surface area (Å²) in [6, 6.07) is 15.4. The number of H-pyrrole nitrogens is 1. The Hall–Kier alpha value is -2.18. The number of nitrogens with one attached hydrogen (secondary N) is 1. The van der Waals surface area contributed by atoms with Crippen molar-refractivity contribution >= 4 is 23.4 Å². The predicted molar refractivity (Wildman–Crippen MR) is 104 cm³/mol. The lowest BCUT2D eigenvalue weighted by atomic mass is 10.2. The summed E-state index contributed by atoms with van der Waals surface area (Å²) in [5.74, 6) is 3.24. The molecule has 1 heterocycles. The number of rotatable bonds is 9. The highest BCUT2D eigenvalue weighted by molar-refractivity contribution is 7.99. The van der Waals surface area contributed by atoms with E-state index < -0.39 is 0 Å². The average Bonchev–Trinajstić information content (AvgIpc) is 3.11. The van der Waals surface area contributed by atoms with Crippen molar-refractivity contribution in [3.63, 3.8) is 0 Å². The fraction of sp³-hybridized carbons (Fsp3) is 0.263. The quantitative estimate of drug-likeness (QED) is 0.416. The Morgan fingerprint density at radius 3 is 2.73 bits per heavy atom. The molecule has 5 nitrogen and oxygen atoms in total. The molecule has 3 rings (SSSR count). The minimum Gasteiger partial charge on any atom is -0.494 e. The first-order chi connectivity index (χ1) is 12.7. The topological polar surface area (TPSA) is 60.0 Å². The van der Waals surface area contributed by atoms with Gasteiger partial charge in [-0.25, -0.2) is 4.98 Å². The zero-order chi connectivity index (χ0) is 18.2. The van der Waals surface area contributed by atoms with E-state index in [1.54, 1.807) is 11.8 Å². The molecule has 0 aliphatic carbocycles. The van der Waals surface area contributed by atoms with E-state index in [1.807, 2.05) is 55.5 Å². The SMILES string of the molecule is Cc1cc(OCc2nc(SCCCOc3ccccc3)n[nH]2)ccc1Cl. The van der Waals surface area contributed by atoms with Gasteiger partial charge in [-0.1, -0.05) is 41.6 Å². The number of hydrogen-bond donors (Lipinski definition) is 1. The molecule has 2 aromatic carbocycles. The summed E-state index contributed by atoms with van der Waals surface area (Å²) < 4.78 is 11.4. The van der Waals surface area contributed by atoms with Crippen LogP contribution in [0.5, 0.6) is 11.5 Å². The number of benzene rings is 2. The van der Waals surface area contributed by atoms with Gasteiger partial charge in [-0.05, 0) is 49.2 Å². The minimum absolute atomic E-state index is 0.339. The second-order valence-electron chi connectivity index (χ2n) is 5.63. The minimum atomic E-state index is 0.339. The number of para-hydroxylation sites is 1.